The minimum Gasteiger partial charge on any atom is -0.497 e. The summed E-state index contributed by atoms with van der Waals surface area (Å²) in [5.41, 5.74) is 0.885. The van der Waals surface area contributed by atoms with Crippen LogP contribution in [0, 0.1) is 0 Å². The molecule has 0 bridgehead atoms. The topological polar surface area (TPSA) is 93.7 Å². The second-order valence-electron chi connectivity index (χ2n) is 5.57. The van der Waals surface area contributed by atoms with E-state index in [2.05, 4.69) is 10.6 Å². The normalized spacial score (nSPS) is 22.1. The zero-order chi connectivity index (χ0) is 17.7. The van der Waals surface area contributed by atoms with Crippen LogP contribution in [0.2, 0.25) is 5.02 Å². The molecule has 0 saturated carbocycles. The van der Waals surface area contributed by atoms with Crippen molar-refractivity contribution in [3.05, 3.63) is 28.8 Å². The number of carbonyl (C=O) groups is 1. The number of hydrogen-bond donors (Lipinski definition) is 2. The first-order valence-corrected chi connectivity index (χ1v) is 9.64. The van der Waals surface area contributed by atoms with Crippen LogP contribution < -0.4 is 15.4 Å². The Kier molecular flexibility index (Phi) is 6.31. The summed E-state index contributed by atoms with van der Waals surface area (Å²) in [6, 6.07) is 4.39. The fraction of sp³-hybridized carbons (Fsp3) is 0.533. The summed E-state index contributed by atoms with van der Waals surface area (Å²) < 4.78 is 33.4. The predicted molar refractivity (Wildman–Crippen MR) is 91.5 cm³/mol. The highest BCUT2D eigenvalue weighted by Crippen LogP contribution is 2.22. The standard InChI is InChI=1S/C15H21ClN2O5S/c1-22-11-4-3-10(12(16)7-11)5-6-17-15(19)18-13-8-24(20,21)9-14(13)23-2/h3-4,7,13-14H,5-6,8-9H2,1-2H3,(H2,17,18,19). The average molecular weight is 377 g/mol. The Bertz CT molecular complexity index is 695. The van der Waals surface area contributed by atoms with Crippen LogP contribution in [0.4, 0.5) is 4.79 Å². The highest BCUT2D eigenvalue weighted by atomic mass is 35.5. The minimum atomic E-state index is -3.17. The van der Waals surface area contributed by atoms with Crippen LogP contribution in [0.25, 0.3) is 0 Å². The van der Waals surface area contributed by atoms with E-state index in [1.54, 1.807) is 19.2 Å². The molecule has 24 heavy (non-hydrogen) atoms. The van der Waals surface area contributed by atoms with Crippen molar-refractivity contribution in [2.24, 2.45) is 0 Å². The number of halogens is 1. The third kappa shape index (κ3) is 4.99. The Labute approximate surface area is 146 Å². The minimum absolute atomic E-state index is 0.0735. The number of methoxy groups -OCH3 is 2. The van der Waals surface area contributed by atoms with Crippen molar-refractivity contribution >= 4 is 27.5 Å². The molecule has 0 aliphatic carbocycles. The maximum absolute atomic E-state index is 11.9. The second kappa shape index (κ2) is 8.04. The van der Waals surface area contributed by atoms with Gasteiger partial charge in [-0.25, -0.2) is 13.2 Å². The van der Waals surface area contributed by atoms with Crippen LogP contribution in [0.5, 0.6) is 5.75 Å². The van der Waals surface area contributed by atoms with Crippen molar-refractivity contribution in [1.29, 1.82) is 0 Å². The van der Waals surface area contributed by atoms with E-state index in [4.69, 9.17) is 21.1 Å². The van der Waals surface area contributed by atoms with Crippen molar-refractivity contribution in [3.63, 3.8) is 0 Å². The second-order valence-corrected chi connectivity index (χ2v) is 8.13. The molecule has 1 aromatic rings. The lowest BCUT2D eigenvalue weighted by molar-refractivity contribution is 0.101. The fourth-order valence-corrected chi connectivity index (χ4v) is 4.69. The summed E-state index contributed by atoms with van der Waals surface area (Å²) in [5.74, 6) is 0.488. The molecule has 2 N–H and O–H groups in total. The largest absolute Gasteiger partial charge is 0.497 e. The van der Waals surface area contributed by atoms with E-state index in [-0.39, 0.29) is 11.5 Å². The molecule has 1 fully saturated rings. The Hall–Kier alpha value is -1.51. The van der Waals surface area contributed by atoms with Gasteiger partial charge in [-0.05, 0) is 24.1 Å². The van der Waals surface area contributed by atoms with E-state index in [1.807, 2.05) is 6.07 Å². The van der Waals surface area contributed by atoms with Gasteiger partial charge in [-0.2, -0.15) is 0 Å². The van der Waals surface area contributed by atoms with E-state index >= 15 is 0 Å². The van der Waals surface area contributed by atoms with Crippen molar-refractivity contribution in [2.75, 3.05) is 32.3 Å². The quantitative estimate of drug-likeness (QED) is 0.772. The number of ether oxygens (including phenoxy) is 2. The Balaban J connectivity index is 1.81. The van der Waals surface area contributed by atoms with Gasteiger partial charge in [0.25, 0.3) is 0 Å². The van der Waals surface area contributed by atoms with Crippen LogP contribution in [0.1, 0.15) is 5.56 Å². The molecule has 2 rings (SSSR count). The van der Waals surface area contributed by atoms with Gasteiger partial charge in [-0.1, -0.05) is 17.7 Å². The van der Waals surface area contributed by atoms with Crippen LogP contribution in [0.3, 0.4) is 0 Å². The molecule has 0 radical (unpaired) electrons. The smallest absolute Gasteiger partial charge is 0.315 e. The molecule has 0 spiro atoms. The van der Waals surface area contributed by atoms with Gasteiger partial charge in [0.2, 0.25) is 0 Å². The van der Waals surface area contributed by atoms with E-state index in [9.17, 15) is 13.2 Å². The zero-order valence-corrected chi connectivity index (χ0v) is 15.1. The lowest BCUT2D eigenvalue weighted by Crippen LogP contribution is -2.48. The molecule has 1 heterocycles. The number of nitrogens with one attached hydrogen (secondary N) is 2. The van der Waals surface area contributed by atoms with Crippen molar-refractivity contribution in [2.45, 2.75) is 18.6 Å². The summed E-state index contributed by atoms with van der Waals surface area (Å²) in [4.78, 5) is 11.9. The molecule has 134 valence electrons. The van der Waals surface area contributed by atoms with Gasteiger partial charge in [0, 0.05) is 18.7 Å². The first kappa shape index (κ1) is 18.8. The molecule has 1 aliphatic heterocycles. The molecule has 1 aromatic carbocycles. The highest BCUT2D eigenvalue weighted by Gasteiger charge is 2.38. The Morgan fingerprint density at radius 1 is 1.33 bits per heavy atom. The van der Waals surface area contributed by atoms with Crippen LogP contribution >= 0.6 is 11.6 Å². The summed E-state index contributed by atoms with van der Waals surface area (Å²) >= 11 is 6.14. The maximum Gasteiger partial charge on any atom is 0.315 e. The lowest BCUT2D eigenvalue weighted by atomic mass is 10.1. The Morgan fingerprint density at radius 3 is 2.71 bits per heavy atom. The van der Waals surface area contributed by atoms with Gasteiger partial charge in [-0.15, -0.1) is 0 Å². The SMILES string of the molecule is COc1ccc(CCNC(=O)NC2CS(=O)(=O)CC2OC)c(Cl)c1. The molecule has 9 heteroatoms. The zero-order valence-electron chi connectivity index (χ0n) is 13.5. The molecule has 0 aromatic heterocycles. The molecule has 2 unspecified atom stereocenters. The summed E-state index contributed by atoms with van der Waals surface area (Å²) in [5, 5.41) is 5.91. The number of urea groups is 1. The number of amides is 2. The van der Waals surface area contributed by atoms with Crippen LogP contribution in [-0.4, -0.2) is 58.9 Å². The molecule has 2 atom stereocenters. The average Bonchev–Trinajstić information content (AvgIpc) is 2.82. The highest BCUT2D eigenvalue weighted by molar-refractivity contribution is 7.91. The van der Waals surface area contributed by atoms with E-state index in [0.29, 0.717) is 23.7 Å². The van der Waals surface area contributed by atoms with Crippen LogP contribution in [0.15, 0.2) is 18.2 Å². The predicted octanol–water partition coefficient (Wildman–Crippen LogP) is 1.00. The first-order chi connectivity index (χ1) is 11.3. The lowest BCUT2D eigenvalue weighted by Gasteiger charge is -2.18. The summed E-state index contributed by atoms with van der Waals surface area (Å²) in [6.45, 7) is 0.370. The fourth-order valence-electron chi connectivity index (χ4n) is 2.57. The van der Waals surface area contributed by atoms with Crippen LogP contribution in [-0.2, 0) is 21.0 Å². The molecular formula is C15H21ClN2O5S. The molecule has 2 amide bonds. The molecule has 7 nitrogen and oxygen atoms in total. The van der Waals surface area contributed by atoms with E-state index < -0.39 is 28.0 Å². The Morgan fingerprint density at radius 2 is 2.08 bits per heavy atom. The number of benzene rings is 1. The summed E-state index contributed by atoms with van der Waals surface area (Å²) in [6.07, 6.45) is 0.0317. The van der Waals surface area contributed by atoms with E-state index in [0.717, 1.165) is 5.56 Å². The van der Waals surface area contributed by atoms with Gasteiger partial charge >= 0.3 is 6.03 Å². The number of rotatable bonds is 6. The first-order valence-electron chi connectivity index (χ1n) is 7.44. The molecule has 1 aliphatic rings. The monoisotopic (exact) mass is 376 g/mol. The summed E-state index contributed by atoms with van der Waals surface area (Å²) in [7, 11) is -0.177. The van der Waals surface area contributed by atoms with Gasteiger partial charge < -0.3 is 20.1 Å². The van der Waals surface area contributed by atoms with Crippen molar-refractivity contribution < 1.29 is 22.7 Å². The van der Waals surface area contributed by atoms with Gasteiger partial charge in [0.15, 0.2) is 9.84 Å². The third-order valence-corrected chi connectivity index (χ3v) is 5.92. The molecule has 1 saturated heterocycles. The van der Waals surface area contributed by atoms with E-state index in [1.165, 1.54) is 7.11 Å². The van der Waals surface area contributed by atoms with Gasteiger partial charge in [0.05, 0.1) is 30.8 Å². The number of hydrogen-bond acceptors (Lipinski definition) is 5. The number of sulfone groups is 1. The third-order valence-electron chi connectivity index (χ3n) is 3.86. The van der Waals surface area contributed by atoms with Gasteiger partial charge in [0.1, 0.15) is 5.75 Å². The van der Waals surface area contributed by atoms with Crippen molar-refractivity contribution in [1.82, 2.24) is 10.6 Å². The number of carbonyl (C=O) groups excluding carboxylic acids is 1. The van der Waals surface area contributed by atoms with Gasteiger partial charge in [-0.3, -0.25) is 0 Å². The van der Waals surface area contributed by atoms with Crippen molar-refractivity contribution in [3.8, 4) is 5.75 Å². The molecular weight excluding hydrogens is 356 g/mol. The maximum atomic E-state index is 11.9.